The lowest BCUT2D eigenvalue weighted by Crippen LogP contribution is -2.46. The van der Waals surface area contributed by atoms with Crippen molar-refractivity contribution < 1.29 is 29.3 Å². The van der Waals surface area contributed by atoms with E-state index in [-0.39, 0.29) is 37.4 Å². The van der Waals surface area contributed by atoms with Gasteiger partial charge in [-0.15, -0.1) is 0 Å². The van der Waals surface area contributed by atoms with Crippen molar-refractivity contribution in [3.63, 3.8) is 0 Å². The summed E-state index contributed by atoms with van der Waals surface area (Å²) in [6.45, 7) is 2.95. The summed E-state index contributed by atoms with van der Waals surface area (Å²) in [6, 6.07) is 20.5. The van der Waals surface area contributed by atoms with Crippen molar-refractivity contribution in [2.45, 2.75) is 57.3 Å². The Morgan fingerprint density at radius 1 is 1.09 bits per heavy atom. The lowest BCUT2D eigenvalue weighted by Gasteiger charge is -2.36. The molecule has 1 fully saturated rings. The number of hydrogen-bond acceptors (Lipinski definition) is 6. The van der Waals surface area contributed by atoms with Gasteiger partial charge in [0.25, 0.3) is 5.91 Å². The molecular weight excluding hydrogens is 570 g/mol. The zero-order valence-electron chi connectivity index (χ0n) is 25.7. The summed E-state index contributed by atoms with van der Waals surface area (Å²) in [4.78, 5) is 44.8. The first kappa shape index (κ1) is 30.6. The number of carbonyl (C=O) groups excluding carboxylic acids is 3. The molecule has 6 rings (SSSR count). The lowest BCUT2D eigenvalue weighted by molar-refractivity contribution is -0.139. The Hall–Kier alpha value is -4.47. The van der Waals surface area contributed by atoms with Crippen LogP contribution in [0.2, 0.25) is 0 Å². The molecule has 9 nitrogen and oxygen atoms in total. The zero-order valence-corrected chi connectivity index (χ0v) is 25.7. The van der Waals surface area contributed by atoms with E-state index in [4.69, 9.17) is 4.74 Å². The summed E-state index contributed by atoms with van der Waals surface area (Å²) in [5.41, 5.74) is 2.98. The first-order valence-electron chi connectivity index (χ1n) is 15.5. The predicted octanol–water partition coefficient (Wildman–Crippen LogP) is 4.08. The van der Waals surface area contributed by atoms with Crippen molar-refractivity contribution >= 4 is 29.1 Å². The maximum atomic E-state index is 14.1. The van der Waals surface area contributed by atoms with E-state index < -0.39 is 17.4 Å². The Balaban J connectivity index is 1.22. The summed E-state index contributed by atoms with van der Waals surface area (Å²) in [6.07, 6.45) is 5.44. The molecule has 2 N–H and O–H groups in total. The van der Waals surface area contributed by atoms with Crippen LogP contribution in [-0.2, 0) is 39.5 Å². The average Bonchev–Trinajstić information content (AvgIpc) is 3.59. The average molecular weight is 610 g/mol. The standard InChI is InChI=1S/C36H39N3O6/c1-24(8-5-13-34(42)38-22-27-11-4-3-10-26(27)19-29(38)23-40)36(44)31-20-30(45-2)15-16-32(31)39(35(36)43)21-25-9-6-12-28(18-25)37-17-7-14-33(37)41/h3-6,8-12,15-16,18,20,24,29,40,44H,7,13-14,17,19,21-23H2,1-2H3/b8-5+/t24-,29-,36+/m0/s1. The second kappa shape index (κ2) is 12.5. The molecule has 9 heteroatoms. The number of rotatable bonds is 9. The van der Waals surface area contributed by atoms with Gasteiger partial charge >= 0.3 is 0 Å². The summed E-state index contributed by atoms with van der Waals surface area (Å²) in [5, 5.41) is 22.1. The Morgan fingerprint density at radius 3 is 2.62 bits per heavy atom. The van der Waals surface area contributed by atoms with E-state index >= 15 is 0 Å². The summed E-state index contributed by atoms with van der Waals surface area (Å²) in [7, 11) is 1.54. The van der Waals surface area contributed by atoms with E-state index in [0.717, 1.165) is 28.8 Å². The van der Waals surface area contributed by atoms with Crippen molar-refractivity contribution in [3.05, 3.63) is 101 Å². The molecule has 3 amide bonds. The molecule has 1 saturated heterocycles. The normalized spacial score (nSPS) is 21.8. The van der Waals surface area contributed by atoms with Crippen molar-refractivity contribution in [1.82, 2.24) is 4.90 Å². The van der Waals surface area contributed by atoms with Crippen LogP contribution in [-0.4, -0.2) is 59.1 Å². The van der Waals surface area contributed by atoms with Crippen molar-refractivity contribution in [2.75, 3.05) is 30.1 Å². The van der Waals surface area contributed by atoms with Crippen molar-refractivity contribution in [1.29, 1.82) is 0 Å². The van der Waals surface area contributed by atoms with Crippen LogP contribution in [0.3, 0.4) is 0 Å². The lowest BCUT2D eigenvalue weighted by atomic mass is 9.82. The van der Waals surface area contributed by atoms with Gasteiger partial charge in [0.2, 0.25) is 11.8 Å². The highest BCUT2D eigenvalue weighted by atomic mass is 16.5. The van der Waals surface area contributed by atoms with Gasteiger partial charge in [0.15, 0.2) is 5.60 Å². The molecule has 3 aromatic carbocycles. The molecule has 3 atom stereocenters. The topological polar surface area (TPSA) is 111 Å². The summed E-state index contributed by atoms with van der Waals surface area (Å²) < 4.78 is 5.44. The fraction of sp³-hybridized carbons (Fsp3) is 0.361. The summed E-state index contributed by atoms with van der Waals surface area (Å²) >= 11 is 0. The van der Waals surface area contributed by atoms with Gasteiger partial charge in [0.1, 0.15) is 5.75 Å². The van der Waals surface area contributed by atoms with Gasteiger partial charge in [-0.05, 0) is 59.9 Å². The van der Waals surface area contributed by atoms with Crippen LogP contribution in [0.1, 0.15) is 48.4 Å². The number of aliphatic hydroxyl groups excluding tert-OH is 1. The molecule has 3 heterocycles. The Kier molecular flexibility index (Phi) is 8.48. The third-order valence-electron chi connectivity index (χ3n) is 9.38. The highest BCUT2D eigenvalue weighted by Crippen LogP contribution is 2.47. The molecule has 234 valence electrons. The fourth-order valence-electron chi connectivity index (χ4n) is 6.81. The minimum atomic E-state index is -1.89. The van der Waals surface area contributed by atoms with E-state index in [0.29, 0.717) is 42.9 Å². The number of carbonyl (C=O) groups is 3. The van der Waals surface area contributed by atoms with Gasteiger partial charge in [0.05, 0.1) is 32.0 Å². The second-order valence-electron chi connectivity index (χ2n) is 12.1. The first-order valence-corrected chi connectivity index (χ1v) is 15.5. The third kappa shape index (κ3) is 5.62. The predicted molar refractivity (Wildman–Crippen MR) is 171 cm³/mol. The van der Waals surface area contributed by atoms with Gasteiger partial charge in [0, 0.05) is 43.1 Å². The molecule has 3 aliphatic heterocycles. The largest absolute Gasteiger partial charge is 0.497 e. The monoisotopic (exact) mass is 609 g/mol. The smallest absolute Gasteiger partial charge is 0.264 e. The minimum Gasteiger partial charge on any atom is -0.497 e. The van der Waals surface area contributed by atoms with Crippen LogP contribution in [0.15, 0.2) is 78.9 Å². The number of nitrogens with zero attached hydrogens (tertiary/aromatic N) is 3. The van der Waals surface area contributed by atoms with Gasteiger partial charge in [-0.25, -0.2) is 0 Å². The number of ether oxygens (including phenoxy) is 1. The molecular formula is C36H39N3O6. The minimum absolute atomic E-state index is 0.0734. The highest BCUT2D eigenvalue weighted by molar-refractivity contribution is 6.07. The number of amides is 3. The number of fused-ring (bicyclic) bond motifs is 2. The molecule has 3 aliphatic rings. The number of methoxy groups -OCH3 is 1. The van der Waals surface area contributed by atoms with Gasteiger partial charge < -0.3 is 29.6 Å². The van der Waals surface area contributed by atoms with E-state index in [1.165, 1.54) is 7.11 Å². The molecule has 0 unspecified atom stereocenters. The molecule has 0 bridgehead atoms. The molecule has 3 aromatic rings. The molecule has 0 spiro atoms. The van der Waals surface area contributed by atoms with Crippen LogP contribution < -0.4 is 14.5 Å². The number of benzene rings is 3. The quantitative estimate of drug-likeness (QED) is 0.354. The Labute approximate surface area is 263 Å². The molecule has 0 saturated carbocycles. The number of hydrogen-bond donors (Lipinski definition) is 2. The maximum absolute atomic E-state index is 14.1. The second-order valence-corrected chi connectivity index (χ2v) is 12.1. The van der Waals surface area contributed by atoms with Crippen LogP contribution in [0, 0.1) is 5.92 Å². The SMILES string of the molecule is COc1ccc2c(c1)[C@](O)([C@@H](C)/C=C/CC(=O)N1Cc3ccccc3C[C@H]1CO)C(=O)N2Cc1cccc(N2CCCC2=O)c1. The third-order valence-corrected chi connectivity index (χ3v) is 9.38. The number of aliphatic hydroxyl groups is 2. The molecule has 45 heavy (non-hydrogen) atoms. The zero-order chi connectivity index (χ0) is 31.7. The number of anilines is 2. The molecule has 0 aliphatic carbocycles. The van der Waals surface area contributed by atoms with E-state index in [2.05, 4.69) is 0 Å². The highest BCUT2D eigenvalue weighted by Gasteiger charge is 2.52. The Bertz CT molecular complexity index is 1650. The van der Waals surface area contributed by atoms with Gasteiger partial charge in [-0.3, -0.25) is 14.4 Å². The van der Waals surface area contributed by atoms with Crippen LogP contribution in [0.5, 0.6) is 5.75 Å². The van der Waals surface area contributed by atoms with Gasteiger partial charge in [-0.2, -0.15) is 0 Å². The van der Waals surface area contributed by atoms with E-state index in [1.807, 2.05) is 48.5 Å². The summed E-state index contributed by atoms with van der Waals surface area (Å²) in [5.74, 6) is -0.657. The van der Waals surface area contributed by atoms with Gasteiger partial charge in [-0.1, -0.05) is 55.5 Å². The van der Waals surface area contributed by atoms with Crippen LogP contribution >= 0.6 is 0 Å². The van der Waals surface area contributed by atoms with Crippen molar-refractivity contribution in [2.24, 2.45) is 5.92 Å². The molecule has 0 radical (unpaired) electrons. The van der Waals surface area contributed by atoms with Crippen LogP contribution in [0.4, 0.5) is 11.4 Å². The van der Waals surface area contributed by atoms with E-state index in [9.17, 15) is 24.6 Å². The maximum Gasteiger partial charge on any atom is 0.264 e. The van der Waals surface area contributed by atoms with Crippen LogP contribution in [0.25, 0.3) is 0 Å². The Morgan fingerprint density at radius 2 is 1.89 bits per heavy atom. The van der Waals surface area contributed by atoms with E-state index in [1.54, 1.807) is 52.0 Å². The molecule has 0 aromatic heterocycles. The van der Waals surface area contributed by atoms with Crippen molar-refractivity contribution in [3.8, 4) is 5.75 Å². The first-order chi connectivity index (χ1) is 21.7. The fourth-order valence-corrected chi connectivity index (χ4v) is 6.81.